The van der Waals surface area contributed by atoms with E-state index in [-0.39, 0.29) is 19.2 Å². The van der Waals surface area contributed by atoms with E-state index >= 15 is 0 Å². The number of carbonyl (C=O) groups is 1. The molecule has 0 amide bonds. The van der Waals surface area contributed by atoms with Gasteiger partial charge in [0.2, 0.25) is 0 Å². The molecule has 0 radical (unpaired) electrons. The van der Waals surface area contributed by atoms with E-state index in [1.54, 1.807) is 19.1 Å². The Hall–Kier alpha value is -2.11. The molecule has 0 bridgehead atoms. The van der Waals surface area contributed by atoms with Crippen molar-refractivity contribution in [1.29, 1.82) is 0 Å². The fraction of sp³-hybridized carbons (Fsp3) is 0.450. The van der Waals surface area contributed by atoms with Crippen molar-refractivity contribution in [3.8, 4) is 5.75 Å². The van der Waals surface area contributed by atoms with E-state index in [9.17, 15) is 9.90 Å². The minimum absolute atomic E-state index is 0.0215. The summed E-state index contributed by atoms with van der Waals surface area (Å²) >= 11 is 0. The van der Waals surface area contributed by atoms with E-state index in [1.807, 2.05) is 31.2 Å². The monoisotopic (exact) mass is 348 g/mol. The lowest BCUT2D eigenvalue weighted by molar-refractivity contribution is -0.137. The van der Waals surface area contributed by atoms with Crippen LogP contribution in [0.15, 0.2) is 48.1 Å². The van der Waals surface area contributed by atoms with E-state index in [0.29, 0.717) is 18.8 Å². The van der Waals surface area contributed by atoms with Gasteiger partial charge >= 0.3 is 5.97 Å². The highest BCUT2D eigenvalue weighted by Crippen LogP contribution is 2.22. The van der Waals surface area contributed by atoms with Crippen LogP contribution in [0, 0.1) is 0 Å². The molecule has 0 unspecified atom stereocenters. The second kappa shape index (κ2) is 12.3. The van der Waals surface area contributed by atoms with Crippen molar-refractivity contribution >= 4 is 5.97 Å². The molecule has 1 aromatic carbocycles. The van der Waals surface area contributed by atoms with Crippen molar-refractivity contribution in [2.75, 3.05) is 19.8 Å². The summed E-state index contributed by atoms with van der Waals surface area (Å²) in [5.74, 6) is 0.350. The second-order valence-electron chi connectivity index (χ2n) is 5.63. The summed E-state index contributed by atoms with van der Waals surface area (Å²) in [6.07, 6.45) is 7.14. The van der Waals surface area contributed by atoms with Gasteiger partial charge in [-0.05, 0) is 56.4 Å². The fourth-order valence-electron chi connectivity index (χ4n) is 2.23. The Balaban J connectivity index is 2.33. The number of allylic oxidation sites excluding steroid dienone is 3. The summed E-state index contributed by atoms with van der Waals surface area (Å²) in [6, 6.07) is 7.24. The van der Waals surface area contributed by atoms with Crippen molar-refractivity contribution in [3.63, 3.8) is 0 Å². The number of hydrogen-bond donors (Lipinski definition) is 2. The minimum Gasteiger partial charge on any atom is -0.491 e. The molecule has 1 aromatic rings. The first-order chi connectivity index (χ1) is 12.1. The number of ether oxygens (including phenoxy) is 2. The fourth-order valence-corrected chi connectivity index (χ4v) is 2.23. The minimum atomic E-state index is -0.517. The van der Waals surface area contributed by atoms with Crippen molar-refractivity contribution in [2.24, 2.45) is 0 Å². The zero-order valence-corrected chi connectivity index (χ0v) is 15.0. The molecular weight excluding hydrogens is 320 g/mol. The third kappa shape index (κ3) is 9.08. The maximum atomic E-state index is 11.3. The van der Waals surface area contributed by atoms with Gasteiger partial charge in [-0.3, -0.25) is 0 Å². The van der Waals surface area contributed by atoms with Crippen LogP contribution in [0.2, 0.25) is 0 Å². The molecule has 2 N–H and O–H groups in total. The molecule has 0 saturated heterocycles. The Morgan fingerprint density at radius 2 is 2.00 bits per heavy atom. The van der Waals surface area contributed by atoms with Gasteiger partial charge in [-0.1, -0.05) is 24.3 Å². The van der Waals surface area contributed by atoms with E-state index in [2.05, 4.69) is 0 Å². The average molecular weight is 348 g/mol. The number of hydrogen-bond acceptors (Lipinski definition) is 5. The number of carbonyl (C=O) groups excluding carboxylic acids is 1. The highest BCUT2D eigenvalue weighted by atomic mass is 16.5. The predicted octanol–water partition coefficient (Wildman–Crippen LogP) is 3.33. The van der Waals surface area contributed by atoms with Gasteiger partial charge in [-0.15, -0.1) is 0 Å². The Labute approximate surface area is 149 Å². The number of rotatable bonds is 11. The quantitative estimate of drug-likeness (QED) is 0.278. The third-order valence-electron chi connectivity index (χ3n) is 3.49. The first kappa shape index (κ1) is 20.9. The zero-order chi connectivity index (χ0) is 18.5. The van der Waals surface area contributed by atoms with Crippen LogP contribution < -0.4 is 4.74 Å². The van der Waals surface area contributed by atoms with Gasteiger partial charge in [0.15, 0.2) is 0 Å². The molecule has 0 fully saturated rings. The second-order valence-corrected chi connectivity index (χ2v) is 5.63. The molecule has 0 aliphatic rings. The molecule has 5 heteroatoms. The summed E-state index contributed by atoms with van der Waals surface area (Å²) in [6.45, 7) is 4.24. The van der Waals surface area contributed by atoms with Crippen LogP contribution >= 0.6 is 0 Å². The van der Waals surface area contributed by atoms with Gasteiger partial charge < -0.3 is 19.7 Å². The smallest absolute Gasteiger partial charge is 0.330 e. The Bertz CT molecular complexity index is 560. The zero-order valence-electron chi connectivity index (χ0n) is 15.0. The van der Waals surface area contributed by atoms with Crippen molar-refractivity contribution in [2.45, 2.75) is 39.2 Å². The maximum absolute atomic E-state index is 11.3. The summed E-state index contributed by atoms with van der Waals surface area (Å²) in [5, 5.41) is 18.9. The molecule has 0 saturated carbocycles. The predicted molar refractivity (Wildman–Crippen MR) is 97.4 cm³/mol. The molecule has 138 valence electrons. The molecule has 0 aliphatic heterocycles. The molecule has 0 spiro atoms. The van der Waals surface area contributed by atoms with Gasteiger partial charge in [-0.2, -0.15) is 0 Å². The van der Waals surface area contributed by atoms with Crippen LogP contribution in [0.3, 0.4) is 0 Å². The number of aliphatic hydroxyl groups is 2. The summed E-state index contributed by atoms with van der Waals surface area (Å²) < 4.78 is 10.1. The van der Waals surface area contributed by atoms with Crippen LogP contribution in [-0.2, 0) is 9.53 Å². The van der Waals surface area contributed by atoms with E-state index < -0.39 is 6.10 Å². The molecular formula is C20H28O5. The lowest BCUT2D eigenvalue weighted by atomic mass is 10.0. The van der Waals surface area contributed by atoms with E-state index in [4.69, 9.17) is 14.6 Å². The molecule has 0 aromatic heterocycles. The lowest BCUT2D eigenvalue weighted by Crippen LogP contribution is -2.02. The van der Waals surface area contributed by atoms with Crippen LogP contribution in [0.5, 0.6) is 5.75 Å². The number of esters is 1. The molecule has 5 nitrogen and oxygen atoms in total. The van der Waals surface area contributed by atoms with E-state index in [0.717, 1.165) is 24.0 Å². The molecule has 25 heavy (non-hydrogen) atoms. The number of benzene rings is 1. The molecule has 1 rings (SSSR count). The van der Waals surface area contributed by atoms with Gasteiger partial charge in [0.25, 0.3) is 0 Å². The first-order valence-corrected chi connectivity index (χ1v) is 8.60. The average Bonchev–Trinajstić information content (AvgIpc) is 2.60. The number of unbranched alkanes of at least 4 members (excludes halogenated alkanes) is 1. The van der Waals surface area contributed by atoms with Gasteiger partial charge in [0, 0.05) is 6.08 Å². The summed E-state index contributed by atoms with van der Waals surface area (Å²) in [5.41, 5.74) is 1.69. The Morgan fingerprint density at radius 1 is 1.28 bits per heavy atom. The topological polar surface area (TPSA) is 76.0 Å². The normalized spacial score (nSPS) is 13.0. The third-order valence-corrected chi connectivity index (χ3v) is 3.49. The van der Waals surface area contributed by atoms with Crippen molar-refractivity contribution < 1.29 is 24.5 Å². The Kier molecular flexibility index (Phi) is 10.3. The van der Waals surface area contributed by atoms with Crippen LogP contribution in [0.4, 0.5) is 0 Å². The molecule has 0 aliphatic carbocycles. The number of aliphatic hydroxyl groups excluding tert-OH is 2. The van der Waals surface area contributed by atoms with Crippen molar-refractivity contribution in [3.05, 3.63) is 53.6 Å². The van der Waals surface area contributed by atoms with Crippen LogP contribution in [0.25, 0.3) is 0 Å². The SMILES string of the molecule is CCOC(=O)/C=C(C)/C=C/CCC[C@@H](O)c1ccc(OCCO)cc1. The maximum Gasteiger partial charge on any atom is 0.330 e. The van der Waals surface area contributed by atoms with E-state index in [1.165, 1.54) is 6.08 Å². The Morgan fingerprint density at radius 3 is 2.64 bits per heavy atom. The highest BCUT2D eigenvalue weighted by molar-refractivity contribution is 5.83. The first-order valence-electron chi connectivity index (χ1n) is 8.60. The highest BCUT2D eigenvalue weighted by Gasteiger charge is 2.07. The largest absolute Gasteiger partial charge is 0.491 e. The van der Waals surface area contributed by atoms with Crippen molar-refractivity contribution in [1.82, 2.24) is 0 Å². The summed E-state index contributed by atoms with van der Waals surface area (Å²) in [4.78, 5) is 11.3. The van der Waals surface area contributed by atoms with Crippen LogP contribution in [-0.4, -0.2) is 36.0 Å². The van der Waals surface area contributed by atoms with Gasteiger partial charge in [0.1, 0.15) is 12.4 Å². The standard InChI is InChI=1S/C20H28O5/c1-3-24-20(23)15-16(2)7-5-4-6-8-19(22)17-9-11-18(12-10-17)25-14-13-21/h5,7,9-12,15,19,21-22H,3-4,6,8,13-14H2,1-2H3/b7-5+,16-15+/t19-/m1/s1. The summed E-state index contributed by atoms with van der Waals surface area (Å²) in [7, 11) is 0. The lowest BCUT2D eigenvalue weighted by Gasteiger charge is -2.11. The van der Waals surface area contributed by atoms with Gasteiger partial charge in [-0.25, -0.2) is 4.79 Å². The molecule has 1 atom stereocenters. The van der Waals surface area contributed by atoms with Gasteiger partial charge in [0.05, 0.1) is 19.3 Å². The van der Waals surface area contributed by atoms with Crippen LogP contribution in [0.1, 0.15) is 44.8 Å². The molecule has 0 heterocycles.